The number of para-hydroxylation sites is 1. The zero-order chi connectivity index (χ0) is 16.7. The molecule has 0 unspecified atom stereocenters. The minimum absolute atomic E-state index is 0.118. The van der Waals surface area contributed by atoms with Crippen LogP contribution in [-0.2, 0) is 16.0 Å². The van der Waals surface area contributed by atoms with E-state index in [4.69, 9.17) is 4.74 Å². The lowest BCUT2D eigenvalue weighted by atomic mass is 9.77. The van der Waals surface area contributed by atoms with Gasteiger partial charge in [0.2, 0.25) is 0 Å². The van der Waals surface area contributed by atoms with Crippen molar-refractivity contribution in [3.05, 3.63) is 48.2 Å². The average Bonchev–Trinajstić information content (AvgIpc) is 3.00. The SMILES string of the molecule is C=C[C@H]1CN2CCc3c([nH]c4ccccc34)[C@@H]2C[C@@H]1CC(=O)OC. The molecular weight excluding hydrogens is 300 g/mol. The fraction of sp³-hybridized carbons (Fsp3) is 0.450. The van der Waals surface area contributed by atoms with Crippen LogP contribution in [0.2, 0.25) is 0 Å². The molecule has 0 amide bonds. The highest BCUT2D eigenvalue weighted by molar-refractivity contribution is 5.85. The van der Waals surface area contributed by atoms with Gasteiger partial charge in [0.25, 0.3) is 0 Å². The van der Waals surface area contributed by atoms with E-state index >= 15 is 0 Å². The monoisotopic (exact) mass is 324 g/mol. The number of piperidine rings is 1. The molecular formula is C20H24N2O2. The minimum Gasteiger partial charge on any atom is -0.469 e. The van der Waals surface area contributed by atoms with Crippen molar-refractivity contribution >= 4 is 16.9 Å². The number of nitrogens with zero attached hydrogens (tertiary/aromatic N) is 1. The summed E-state index contributed by atoms with van der Waals surface area (Å²) in [6.45, 7) is 6.05. The number of aromatic nitrogens is 1. The number of benzene rings is 1. The number of fused-ring (bicyclic) bond motifs is 5. The highest BCUT2D eigenvalue weighted by Gasteiger charge is 2.39. The molecule has 3 heterocycles. The Bertz CT molecular complexity index is 779. The van der Waals surface area contributed by atoms with Gasteiger partial charge < -0.3 is 9.72 Å². The first-order valence-corrected chi connectivity index (χ1v) is 8.74. The van der Waals surface area contributed by atoms with Crippen molar-refractivity contribution in [2.75, 3.05) is 20.2 Å². The highest BCUT2D eigenvalue weighted by atomic mass is 16.5. The van der Waals surface area contributed by atoms with Gasteiger partial charge in [-0.3, -0.25) is 9.69 Å². The number of esters is 1. The molecule has 2 aliphatic heterocycles. The lowest BCUT2D eigenvalue weighted by Crippen LogP contribution is -2.45. The largest absolute Gasteiger partial charge is 0.469 e. The molecule has 1 aromatic carbocycles. The molecule has 4 rings (SSSR count). The highest BCUT2D eigenvalue weighted by Crippen LogP contribution is 2.44. The first-order chi connectivity index (χ1) is 11.7. The molecule has 4 heteroatoms. The Morgan fingerprint density at radius 1 is 1.46 bits per heavy atom. The molecule has 0 bridgehead atoms. The zero-order valence-corrected chi connectivity index (χ0v) is 14.1. The van der Waals surface area contributed by atoms with Gasteiger partial charge in [-0.25, -0.2) is 0 Å². The van der Waals surface area contributed by atoms with Crippen LogP contribution >= 0.6 is 0 Å². The Balaban J connectivity index is 1.68. The van der Waals surface area contributed by atoms with E-state index in [0.717, 1.165) is 25.9 Å². The summed E-state index contributed by atoms with van der Waals surface area (Å²) in [5, 5.41) is 1.35. The van der Waals surface area contributed by atoms with E-state index < -0.39 is 0 Å². The normalized spacial score (nSPS) is 26.6. The molecule has 0 radical (unpaired) electrons. The maximum absolute atomic E-state index is 11.8. The first kappa shape index (κ1) is 15.5. The topological polar surface area (TPSA) is 45.3 Å². The number of ether oxygens (including phenoxy) is 1. The van der Waals surface area contributed by atoms with Gasteiger partial charge in [0, 0.05) is 36.1 Å². The van der Waals surface area contributed by atoms with Crippen molar-refractivity contribution in [3.8, 4) is 0 Å². The Kier molecular flexibility index (Phi) is 3.93. The summed E-state index contributed by atoms with van der Waals surface area (Å²) < 4.78 is 4.90. The number of hydrogen-bond acceptors (Lipinski definition) is 3. The number of H-pyrrole nitrogens is 1. The summed E-state index contributed by atoms with van der Waals surface area (Å²) in [4.78, 5) is 18.0. The number of carbonyl (C=O) groups is 1. The molecule has 0 aliphatic carbocycles. The van der Waals surface area contributed by atoms with E-state index in [1.54, 1.807) is 0 Å². The van der Waals surface area contributed by atoms with E-state index in [-0.39, 0.29) is 5.97 Å². The molecule has 24 heavy (non-hydrogen) atoms. The van der Waals surface area contributed by atoms with Gasteiger partial charge in [-0.15, -0.1) is 6.58 Å². The molecule has 0 saturated carbocycles. The van der Waals surface area contributed by atoms with Crippen LogP contribution < -0.4 is 0 Å². The Labute approximate surface area is 142 Å². The lowest BCUT2D eigenvalue weighted by molar-refractivity contribution is -0.142. The summed E-state index contributed by atoms with van der Waals surface area (Å²) in [5.74, 6) is 0.535. The number of aromatic amines is 1. The zero-order valence-electron chi connectivity index (χ0n) is 14.1. The van der Waals surface area contributed by atoms with Crippen LogP contribution in [0.5, 0.6) is 0 Å². The molecule has 1 saturated heterocycles. The maximum atomic E-state index is 11.8. The molecule has 2 aliphatic rings. The molecule has 1 N–H and O–H groups in total. The van der Waals surface area contributed by atoms with E-state index in [1.807, 2.05) is 6.08 Å². The second-order valence-corrected chi connectivity index (χ2v) is 7.00. The molecule has 1 fully saturated rings. The van der Waals surface area contributed by atoms with Crippen molar-refractivity contribution in [1.82, 2.24) is 9.88 Å². The summed E-state index contributed by atoms with van der Waals surface area (Å²) >= 11 is 0. The van der Waals surface area contributed by atoms with Gasteiger partial charge in [-0.05, 0) is 36.3 Å². The number of hydrogen-bond donors (Lipinski definition) is 1. The summed E-state index contributed by atoms with van der Waals surface area (Å²) in [6.07, 6.45) is 4.56. The number of rotatable bonds is 3. The van der Waals surface area contributed by atoms with Crippen molar-refractivity contribution in [2.24, 2.45) is 11.8 Å². The summed E-state index contributed by atoms with van der Waals surface area (Å²) in [7, 11) is 1.47. The van der Waals surface area contributed by atoms with Crippen LogP contribution in [0.1, 0.15) is 30.1 Å². The van der Waals surface area contributed by atoms with Crippen LogP contribution in [0.3, 0.4) is 0 Å². The van der Waals surface area contributed by atoms with Crippen molar-refractivity contribution < 1.29 is 9.53 Å². The Morgan fingerprint density at radius 3 is 3.08 bits per heavy atom. The van der Waals surface area contributed by atoms with Gasteiger partial charge in [-0.1, -0.05) is 24.3 Å². The van der Waals surface area contributed by atoms with Crippen molar-refractivity contribution in [3.63, 3.8) is 0 Å². The van der Waals surface area contributed by atoms with Crippen LogP contribution in [0.15, 0.2) is 36.9 Å². The third kappa shape index (κ3) is 2.46. The predicted octanol–water partition coefficient (Wildman–Crippen LogP) is 3.45. The average molecular weight is 324 g/mol. The standard InChI is InChI=1S/C20H24N2O2/c1-3-13-12-22-9-8-16-15-6-4-5-7-17(15)21-20(16)18(22)10-14(13)11-19(23)24-2/h3-7,13-14,18,21H,1,8-12H2,2H3/t13-,14+,18-/m0/s1. The fourth-order valence-corrected chi connectivity index (χ4v) is 4.53. The molecule has 2 aromatic rings. The second-order valence-electron chi connectivity index (χ2n) is 7.00. The molecule has 4 nitrogen and oxygen atoms in total. The Morgan fingerprint density at radius 2 is 2.29 bits per heavy atom. The number of methoxy groups -OCH3 is 1. The molecule has 1 aromatic heterocycles. The number of carbonyl (C=O) groups excluding carboxylic acids is 1. The third-order valence-corrected chi connectivity index (χ3v) is 5.81. The Hall–Kier alpha value is -2.07. The van der Waals surface area contributed by atoms with E-state index in [1.165, 1.54) is 29.3 Å². The van der Waals surface area contributed by atoms with E-state index in [2.05, 4.69) is 40.7 Å². The van der Waals surface area contributed by atoms with Gasteiger partial charge in [0.15, 0.2) is 0 Å². The maximum Gasteiger partial charge on any atom is 0.305 e. The quantitative estimate of drug-likeness (QED) is 0.695. The van der Waals surface area contributed by atoms with Crippen LogP contribution in [0, 0.1) is 11.8 Å². The molecule has 126 valence electrons. The van der Waals surface area contributed by atoms with Gasteiger partial charge >= 0.3 is 5.97 Å². The molecule has 0 spiro atoms. The minimum atomic E-state index is -0.118. The van der Waals surface area contributed by atoms with Crippen LogP contribution in [0.4, 0.5) is 0 Å². The van der Waals surface area contributed by atoms with Gasteiger partial charge in [-0.2, -0.15) is 0 Å². The van der Waals surface area contributed by atoms with Crippen molar-refractivity contribution in [1.29, 1.82) is 0 Å². The first-order valence-electron chi connectivity index (χ1n) is 8.74. The van der Waals surface area contributed by atoms with E-state index in [9.17, 15) is 4.79 Å². The predicted molar refractivity (Wildman–Crippen MR) is 94.7 cm³/mol. The van der Waals surface area contributed by atoms with Gasteiger partial charge in [0.1, 0.15) is 0 Å². The third-order valence-electron chi connectivity index (χ3n) is 5.81. The van der Waals surface area contributed by atoms with Crippen LogP contribution in [0.25, 0.3) is 10.9 Å². The lowest BCUT2D eigenvalue weighted by Gasteiger charge is -2.45. The van der Waals surface area contributed by atoms with Gasteiger partial charge in [0.05, 0.1) is 13.2 Å². The van der Waals surface area contributed by atoms with Crippen molar-refractivity contribution in [2.45, 2.75) is 25.3 Å². The fourth-order valence-electron chi connectivity index (χ4n) is 4.53. The smallest absolute Gasteiger partial charge is 0.305 e. The van der Waals surface area contributed by atoms with E-state index in [0.29, 0.717) is 24.3 Å². The second kappa shape index (κ2) is 6.10. The van der Waals surface area contributed by atoms with Crippen LogP contribution in [-0.4, -0.2) is 36.1 Å². The summed E-state index contributed by atoms with van der Waals surface area (Å²) in [6, 6.07) is 8.92. The summed E-state index contributed by atoms with van der Waals surface area (Å²) in [5.41, 5.74) is 4.03. The molecule has 3 atom stereocenters. The number of nitrogens with one attached hydrogen (secondary N) is 1.